The molecule has 5 rings (SSSR count). The maximum absolute atomic E-state index is 6.45. The van der Waals surface area contributed by atoms with Gasteiger partial charge in [0.2, 0.25) is 6.23 Å². The molecule has 4 nitrogen and oxygen atoms in total. The van der Waals surface area contributed by atoms with E-state index in [2.05, 4.69) is 36.2 Å². The summed E-state index contributed by atoms with van der Waals surface area (Å²) in [5, 5.41) is 7.84. The normalized spacial score (nSPS) is 19.1. The van der Waals surface area contributed by atoms with Crippen LogP contribution in [0.3, 0.4) is 0 Å². The van der Waals surface area contributed by atoms with Crippen molar-refractivity contribution >= 4 is 17.3 Å². The molecular formula is C27H27ClN2O2. The first-order valence-corrected chi connectivity index (χ1v) is 11.7. The Labute approximate surface area is 194 Å². The Morgan fingerprint density at radius 3 is 2.56 bits per heavy atom. The lowest BCUT2D eigenvalue weighted by molar-refractivity contribution is -0.0190. The lowest BCUT2D eigenvalue weighted by atomic mass is 9.96. The zero-order valence-corrected chi connectivity index (χ0v) is 19.0. The number of hydrazone groups is 1. The smallest absolute Gasteiger partial charge is 0.213 e. The molecule has 0 spiro atoms. The fourth-order valence-corrected chi connectivity index (χ4v) is 4.47. The van der Waals surface area contributed by atoms with Gasteiger partial charge in [-0.25, -0.2) is 5.01 Å². The fourth-order valence-electron chi connectivity index (χ4n) is 4.34. The minimum atomic E-state index is -0.283. The molecule has 164 valence electrons. The second-order valence-corrected chi connectivity index (χ2v) is 8.72. The van der Waals surface area contributed by atoms with Gasteiger partial charge in [-0.1, -0.05) is 61.7 Å². The highest BCUT2D eigenvalue weighted by atomic mass is 35.5. The Kier molecular flexibility index (Phi) is 6.04. The zero-order valence-electron chi connectivity index (χ0n) is 18.2. The van der Waals surface area contributed by atoms with E-state index in [0.717, 1.165) is 52.8 Å². The largest absolute Gasteiger partial charge is 0.494 e. The minimum Gasteiger partial charge on any atom is -0.494 e. The van der Waals surface area contributed by atoms with Crippen molar-refractivity contribution in [3.05, 3.63) is 94.5 Å². The first-order chi connectivity index (χ1) is 15.7. The van der Waals surface area contributed by atoms with Crippen molar-refractivity contribution in [1.82, 2.24) is 5.01 Å². The number of para-hydroxylation sites is 1. The van der Waals surface area contributed by atoms with Crippen molar-refractivity contribution in [3.63, 3.8) is 0 Å². The van der Waals surface area contributed by atoms with Crippen LogP contribution in [0.15, 0.2) is 77.9 Å². The predicted molar refractivity (Wildman–Crippen MR) is 128 cm³/mol. The number of rotatable bonds is 7. The SMILES string of the molecule is CCCCCOc1ccc([C@H]2Oc3ccccc3[C@@H]3CC(c4ccc(Cl)cc4)=NN23)cc1. The van der Waals surface area contributed by atoms with Crippen molar-refractivity contribution in [2.24, 2.45) is 5.10 Å². The molecule has 5 heteroatoms. The van der Waals surface area contributed by atoms with E-state index >= 15 is 0 Å². The molecule has 2 atom stereocenters. The van der Waals surface area contributed by atoms with Crippen molar-refractivity contribution < 1.29 is 9.47 Å². The maximum atomic E-state index is 6.45. The number of ether oxygens (including phenoxy) is 2. The molecule has 3 aromatic rings. The molecule has 0 unspecified atom stereocenters. The second kappa shape index (κ2) is 9.25. The Morgan fingerprint density at radius 2 is 1.78 bits per heavy atom. The average Bonchev–Trinajstić information content (AvgIpc) is 3.28. The van der Waals surface area contributed by atoms with Gasteiger partial charge in [0, 0.05) is 22.6 Å². The van der Waals surface area contributed by atoms with Gasteiger partial charge in [-0.2, -0.15) is 5.10 Å². The number of nitrogens with zero attached hydrogens (tertiary/aromatic N) is 2. The van der Waals surface area contributed by atoms with Gasteiger partial charge in [-0.05, 0) is 54.4 Å². The van der Waals surface area contributed by atoms with Crippen molar-refractivity contribution in [3.8, 4) is 11.5 Å². The fraction of sp³-hybridized carbons (Fsp3) is 0.296. The van der Waals surface area contributed by atoms with Crippen LogP contribution in [0.1, 0.15) is 61.6 Å². The molecule has 0 saturated carbocycles. The summed E-state index contributed by atoms with van der Waals surface area (Å²) < 4.78 is 12.3. The van der Waals surface area contributed by atoms with Gasteiger partial charge in [0.1, 0.15) is 11.5 Å². The van der Waals surface area contributed by atoms with E-state index in [9.17, 15) is 0 Å². The quantitative estimate of drug-likeness (QED) is 0.361. The number of hydrogen-bond acceptors (Lipinski definition) is 4. The van der Waals surface area contributed by atoms with Gasteiger partial charge in [-0.3, -0.25) is 0 Å². The molecule has 2 heterocycles. The molecular weight excluding hydrogens is 420 g/mol. The van der Waals surface area contributed by atoms with Crippen molar-refractivity contribution in [1.29, 1.82) is 0 Å². The minimum absolute atomic E-state index is 0.139. The molecule has 2 aliphatic heterocycles. The van der Waals surface area contributed by atoms with Crippen LogP contribution in [-0.4, -0.2) is 17.3 Å². The molecule has 0 amide bonds. The Balaban J connectivity index is 1.42. The van der Waals surface area contributed by atoms with Gasteiger partial charge < -0.3 is 9.47 Å². The molecule has 0 aliphatic carbocycles. The monoisotopic (exact) mass is 446 g/mol. The van der Waals surface area contributed by atoms with Crippen molar-refractivity contribution in [2.75, 3.05) is 6.61 Å². The van der Waals surface area contributed by atoms with Crippen LogP contribution in [0.25, 0.3) is 0 Å². The zero-order chi connectivity index (χ0) is 21.9. The van der Waals surface area contributed by atoms with Crippen LogP contribution in [0.2, 0.25) is 5.02 Å². The van der Waals surface area contributed by atoms with Crippen LogP contribution >= 0.6 is 11.6 Å². The summed E-state index contributed by atoms with van der Waals surface area (Å²) in [7, 11) is 0. The number of benzene rings is 3. The number of hydrogen-bond donors (Lipinski definition) is 0. The third-order valence-electron chi connectivity index (χ3n) is 6.06. The summed E-state index contributed by atoms with van der Waals surface area (Å²) >= 11 is 6.09. The Bertz CT molecular complexity index is 1100. The topological polar surface area (TPSA) is 34.1 Å². The summed E-state index contributed by atoms with van der Waals surface area (Å²) in [6.45, 7) is 2.95. The summed E-state index contributed by atoms with van der Waals surface area (Å²) in [4.78, 5) is 0. The summed E-state index contributed by atoms with van der Waals surface area (Å²) in [5.41, 5.74) is 4.38. The molecule has 32 heavy (non-hydrogen) atoms. The molecule has 0 fully saturated rings. The first-order valence-electron chi connectivity index (χ1n) is 11.3. The van der Waals surface area contributed by atoms with E-state index in [4.69, 9.17) is 26.2 Å². The third-order valence-corrected chi connectivity index (χ3v) is 6.31. The molecule has 0 radical (unpaired) electrons. The molecule has 0 N–H and O–H groups in total. The van der Waals surface area contributed by atoms with Gasteiger partial charge in [-0.15, -0.1) is 0 Å². The summed E-state index contributed by atoms with van der Waals surface area (Å²) in [6, 6.07) is 24.5. The van der Waals surface area contributed by atoms with Gasteiger partial charge in [0.25, 0.3) is 0 Å². The average molecular weight is 447 g/mol. The van der Waals surface area contributed by atoms with E-state index in [1.807, 2.05) is 48.5 Å². The third kappa shape index (κ3) is 4.20. The highest BCUT2D eigenvalue weighted by Gasteiger charge is 2.40. The van der Waals surface area contributed by atoms with Gasteiger partial charge in [0.05, 0.1) is 18.4 Å². The number of unbranched alkanes of at least 4 members (excludes halogenated alkanes) is 2. The van der Waals surface area contributed by atoms with Gasteiger partial charge in [0.15, 0.2) is 0 Å². The Morgan fingerprint density at radius 1 is 1.00 bits per heavy atom. The highest BCUT2D eigenvalue weighted by molar-refractivity contribution is 6.30. The highest BCUT2D eigenvalue weighted by Crippen LogP contribution is 2.47. The number of fused-ring (bicyclic) bond motifs is 3. The first kappa shape index (κ1) is 20.9. The van der Waals surface area contributed by atoms with Crippen LogP contribution in [0, 0.1) is 0 Å². The molecule has 0 aromatic heterocycles. The number of halogens is 1. The van der Waals surface area contributed by atoms with Crippen molar-refractivity contribution in [2.45, 2.75) is 44.9 Å². The Hall–Kier alpha value is -2.98. The van der Waals surface area contributed by atoms with Crippen LogP contribution < -0.4 is 9.47 Å². The molecule has 0 saturated heterocycles. The molecule has 3 aromatic carbocycles. The molecule has 0 bridgehead atoms. The van der Waals surface area contributed by atoms with Gasteiger partial charge >= 0.3 is 0 Å². The standard InChI is InChI=1S/C27H27ClN2O2/c1-2-3-6-17-31-22-15-11-20(12-16-22)27-30-25(23-7-4-5-8-26(23)32-27)18-24(29-30)19-9-13-21(28)14-10-19/h4-5,7-16,25,27H,2-3,6,17-18H2,1H3/t25-,27+/m0/s1. The lowest BCUT2D eigenvalue weighted by Crippen LogP contribution is -2.33. The van der Waals surface area contributed by atoms with E-state index in [1.165, 1.54) is 18.4 Å². The predicted octanol–water partition coefficient (Wildman–Crippen LogP) is 7.15. The van der Waals surface area contributed by atoms with E-state index in [0.29, 0.717) is 0 Å². The van der Waals surface area contributed by atoms with Crippen LogP contribution in [0.5, 0.6) is 11.5 Å². The lowest BCUT2D eigenvalue weighted by Gasteiger charge is -2.38. The summed E-state index contributed by atoms with van der Waals surface area (Å²) in [5.74, 6) is 1.82. The van der Waals surface area contributed by atoms with E-state index in [1.54, 1.807) is 0 Å². The van der Waals surface area contributed by atoms with Crippen LogP contribution in [-0.2, 0) is 0 Å². The second-order valence-electron chi connectivity index (χ2n) is 8.29. The van der Waals surface area contributed by atoms with Crippen LogP contribution in [0.4, 0.5) is 0 Å². The maximum Gasteiger partial charge on any atom is 0.213 e. The summed E-state index contributed by atoms with van der Waals surface area (Å²) in [6.07, 6.45) is 4.01. The molecule has 2 aliphatic rings. The van der Waals surface area contributed by atoms with E-state index < -0.39 is 0 Å². The van der Waals surface area contributed by atoms with E-state index in [-0.39, 0.29) is 12.3 Å².